The second kappa shape index (κ2) is 8.16. The first kappa shape index (κ1) is 19.0. The lowest BCUT2D eigenvalue weighted by atomic mass is 10.1. The van der Waals surface area contributed by atoms with Gasteiger partial charge in [-0.3, -0.25) is 9.59 Å². The standard InChI is InChI=1S/C19H26N2O4/c1-11(2)9-24-10-15(16-7-6-8-25-16)21-19(23)18-12(3)17(14(5)22)13(4)20-18/h6-8,11,15,20H,9-10H2,1-5H3,(H,21,23)/t15-/m1/s1. The molecule has 0 saturated heterocycles. The Hall–Kier alpha value is -2.34. The lowest BCUT2D eigenvalue weighted by Crippen LogP contribution is -2.32. The Labute approximate surface area is 147 Å². The van der Waals surface area contributed by atoms with Gasteiger partial charge in [-0.05, 0) is 44.4 Å². The van der Waals surface area contributed by atoms with Crippen LogP contribution in [0, 0.1) is 19.8 Å². The first-order valence-electron chi connectivity index (χ1n) is 8.43. The van der Waals surface area contributed by atoms with Gasteiger partial charge in [0.15, 0.2) is 5.78 Å². The third-order valence-electron chi connectivity index (χ3n) is 3.94. The third kappa shape index (κ3) is 4.60. The molecule has 2 N–H and O–H groups in total. The van der Waals surface area contributed by atoms with Crippen LogP contribution >= 0.6 is 0 Å². The molecule has 1 atom stereocenters. The molecular weight excluding hydrogens is 320 g/mol. The number of carbonyl (C=O) groups is 2. The van der Waals surface area contributed by atoms with Crippen molar-refractivity contribution in [3.8, 4) is 0 Å². The molecule has 2 rings (SSSR count). The first-order chi connectivity index (χ1) is 11.8. The molecule has 0 bridgehead atoms. The predicted octanol–water partition coefficient (Wildman–Crippen LogP) is 3.57. The smallest absolute Gasteiger partial charge is 0.268 e. The van der Waals surface area contributed by atoms with Crippen molar-refractivity contribution in [2.24, 2.45) is 5.92 Å². The van der Waals surface area contributed by atoms with E-state index in [4.69, 9.17) is 9.15 Å². The molecule has 136 valence electrons. The summed E-state index contributed by atoms with van der Waals surface area (Å²) in [6, 6.07) is 3.18. The van der Waals surface area contributed by atoms with Crippen molar-refractivity contribution in [2.75, 3.05) is 13.2 Å². The summed E-state index contributed by atoms with van der Waals surface area (Å²) in [5.41, 5.74) is 2.31. The molecule has 0 aliphatic rings. The van der Waals surface area contributed by atoms with Gasteiger partial charge in [-0.15, -0.1) is 0 Å². The van der Waals surface area contributed by atoms with E-state index >= 15 is 0 Å². The lowest BCUT2D eigenvalue weighted by Gasteiger charge is -2.17. The number of carbonyl (C=O) groups excluding carboxylic acids is 2. The number of aryl methyl sites for hydroxylation is 1. The minimum atomic E-state index is -0.398. The van der Waals surface area contributed by atoms with Crippen molar-refractivity contribution < 1.29 is 18.7 Å². The summed E-state index contributed by atoms with van der Waals surface area (Å²) in [4.78, 5) is 27.5. The molecule has 0 aliphatic carbocycles. The molecule has 2 aromatic heterocycles. The summed E-state index contributed by atoms with van der Waals surface area (Å²) in [5, 5.41) is 2.93. The summed E-state index contributed by atoms with van der Waals surface area (Å²) in [6.45, 7) is 10.1. The fourth-order valence-corrected chi connectivity index (χ4v) is 2.84. The molecule has 0 spiro atoms. The Morgan fingerprint density at radius 3 is 2.52 bits per heavy atom. The summed E-state index contributed by atoms with van der Waals surface area (Å²) in [6.07, 6.45) is 1.56. The number of aromatic nitrogens is 1. The van der Waals surface area contributed by atoms with Crippen LogP contribution in [0.1, 0.15) is 64.7 Å². The highest BCUT2D eigenvalue weighted by Crippen LogP contribution is 2.20. The van der Waals surface area contributed by atoms with Gasteiger partial charge in [0.25, 0.3) is 5.91 Å². The van der Waals surface area contributed by atoms with Gasteiger partial charge in [-0.2, -0.15) is 0 Å². The maximum Gasteiger partial charge on any atom is 0.268 e. The zero-order valence-electron chi connectivity index (χ0n) is 15.4. The number of ketones is 1. The molecule has 0 aromatic carbocycles. The highest BCUT2D eigenvalue weighted by Gasteiger charge is 2.23. The van der Waals surface area contributed by atoms with Gasteiger partial charge in [0, 0.05) is 17.9 Å². The number of ether oxygens (including phenoxy) is 1. The minimum Gasteiger partial charge on any atom is -0.467 e. The first-order valence-corrected chi connectivity index (χ1v) is 8.43. The topological polar surface area (TPSA) is 84.3 Å². The van der Waals surface area contributed by atoms with E-state index in [1.807, 2.05) is 0 Å². The van der Waals surface area contributed by atoms with E-state index in [1.165, 1.54) is 6.92 Å². The number of rotatable bonds is 8. The van der Waals surface area contributed by atoms with Crippen LogP contribution in [-0.2, 0) is 4.74 Å². The van der Waals surface area contributed by atoms with E-state index in [2.05, 4.69) is 24.1 Å². The molecule has 0 saturated carbocycles. The van der Waals surface area contributed by atoms with Gasteiger partial charge in [0.2, 0.25) is 0 Å². The Morgan fingerprint density at radius 2 is 2.00 bits per heavy atom. The van der Waals surface area contributed by atoms with Crippen molar-refractivity contribution in [1.82, 2.24) is 10.3 Å². The number of Topliss-reactive ketones (excluding diaryl/α,β-unsaturated/α-hetero) is 1. The monoisotopic (exact) mass is 346 g/mol. The zero-order valence-corrected chi connectivity index (χ0v) is 15.4. The van der Waals surface area contributed by atoms with Crippen molar-refractivity contribution in [1.29, 1.82) is 0 Å². The molecule has 2 aromatic rings. The summed E-state index contributed by atoms with van der Waals surface area (Å²) >= 11 is 0. The quantitative estimate of drug-likeness (QED) is 0.716. The maximum atomic E-state index is 12.7. The fourth-order valence-electron chi connectivity index (χ4n) is 2.84. The van der Waals surface area contributed by atoms with E-state index in [0.29, 0.717) is 47.4 Å². The predicted molar refractivity (Wildman–Crippen MR) is 94.8 cm³/mol. The molecule has 0 aliphatic heterocycles. The van der Waals surface area contributed by atoms with Crippen molar-refractivity contribution in [3.05, 3.63) is 46.7 Å². The SMILES string of the molecule is CC(=O)c1c(C)[nH]c(C(=O)N[C@H](COCC(C)C)c2ccco2)c1C. The average Bonchev–Trinajstić information content (AvgIpc) is 3.13. The Balaban J connectivity index is 2.17. The van der Waals surface area contributed by atoms with Gasteiger partial charge in [-0.25, -0.2) is 0 Å². The lowest BCUT2D eigenvalue weighted by molar-refractivity contribution is 0.0727. The third-order valence-corrected chi connectivity index (χ3v) is 3.94. The van der Waals surface area contributed by atoms with Crippen molar-refractivity contribution in [2.45, 2.75) is 40.7 Å². The van der Waals surface area contributed by atoms with E-state index in [-0.39, 0.29) is 11.7 Å². The van der Waals surface area contributed by atoms with Crippen LogP contribution < -0.4 is 5.32 Å². The number of aromatic amines is 1. The van der Waals surface area contributed by atoms with Crippen LogP contribution in [0.25, 0.3) is 0 Å². The molecular formula is C19H26N2O4. The van der Waals surface area contributed by atoms with Crippen molar-refractivity contribution in [3.63, 3.8) is 0 Å². The number of H-pyrrole nitrogens is 1. The number of amides is 1. The molecule has 0 fully saturated rings. The number of nitrogens with one attached hydrogen (secondary N) is 2. The van der Waals surface area contributed by atoms with Gasteiger partial charge < -0.3 is 19.5 Å². The van der Waals surface area contributed by atoms with Crippen LogP contribution in [0.2, 0.25) is 0 Å². The average molecular weight is 346 g/mol. The summed E-state index contributed by atoms with van der Waals surface area (Å²) in [7, 11) is 0. The summed E-state index contributed by atoms with van der Waals surface area (Å²) in [5.74, 6) is 0.681. The van der Waals surface area contributed by atoms with Gasteiger partial charge in [0.1, 0.15) is 17.5 Å². The molecule has 0 unspecified atom stereocenters. The number of hydrogen-bond donors (Lipinski definition) is 2. The summed E-state index contributed by atoms with van der Waals surface area (Å²) < 4.78 is 11.1. The van der Waals surface area contributed by atoms with Gasteiger partial charge >= 0.3 is 0 Å². The molecule has 2 heterocycles. The fraction of sp³-hybridized carbons (Fsp3) is 0.474. The molecule has 0 radical (unpaired) electrons. The van der Waals surface area contributed by atoms with E-state index in [0.717, 1.165) is 0 Å². The Morgan fingerprint density at radius 1 is 1.28 bits per heavy atom. The van der Waals surface area contributed by atoms with Crippen LogP contribution in [0.15, 0.2) is 22.8 Å². The largest absolute Gasteiger partial charge is 0.467 e. The Bertz CT molecular complexity index is 729. The van der Waals surface area contributed by atoms with Gasteiger partial charge in [0.05, 0.1) is 12.9 Å². The molecule has 6 heteroatoms. The van der Waals surface area contributed by atoms with Crippen LogP contribution in [0.5, 0.6) is 0 Å². The number of hydrogen-bond acceptors (Lipinski definition) is 4. The Kier molecular flexibility index (Phi) is 6.20. The highest BCUT2D eigenvalue weighted by atomic mass is 16.5. The van der Waals surface area contributed by atoms with E-state index in [9.17, 15) is 9.59 Å². The second-order valence-electron chi connectivity index (χ2n) is 6.65. The number of furan rings is 1. The highest BCUT2D eigenvalue weighted by molar-refractivity contribution is 6.02. The molecule has 25 heavy (non-hydrogen) atoms. The minimum absolute atomic E-state index is 0.0619. The normalized spacial score (nSPS) is 12.4. The second-order valence-corrected chi connectivity index (χ2v) is 6.65. The van der Waals surface area contributed by atoms with Gasteiger partial charge in [-0.1, -0.05) is 13.8 Å². The van der Waals surface area contributed by atoms with Crippen molar-refractivity contribution >= 4 is 11.7 Å². The molecule has 6 nitrogen and oxygen atoms in total. The molecule has 1 amide bonds. The van der Waals surface area contributed by atoms with Crippen LogP contribution in [0.3, 0.4) is 0 Å². The van der Waals surface area contributed by atoms with Crippen LogP contribution in [-0.4, -0.2) is 29.9 Å². The van der Waals surface area contributed by atoms with Crippen LogP contribution in [0.4, 0.5) is 0 Å². The zero-order chi connectivity index (χ0) is 18.6. The van der Waals surface area contributed by atoms with E-state index < -0.39 is 6.04 Å². The maximum absolute atomic E-state index is 12.7. The van der Waals surface area contributed by atoms with E-state index in [1.54, 1.807) is 32.2 Å².